The first kappa shape index (κ1) is 13.4. The minimum Gasteiger partial charge on any atom is -0.374 e. The Morgan fingerprint density at radius 2 is 1.40 bits per heavy atom. The molecule has 2 aromatic carbocycles. The smallest absolute Gasteiger partial charge is 0.0720 e. The molecule has 1 aliphatic rings. The van der Waals surface area contributed by atoms with Crippen LogP contribution in [0.15, 0.2) is 48.5 Å². The number of rotatable bonds is 4. The van der Waals surface area contributed by atoms with E-state index in [0.717, 1.165) is 6.61 Å². The molecule has 0 saturated heterocycles. The second-order valence-electron chi connectivity index (χ2n) is 5.78. The number of ether oxygens (including phenoxy) is 1. The fourth-order valence-electron chi connectivity index (χ4n) is 2.81. The number of hydrogen-bond donors (Lipinski definition) is 0. The summed E-state index contributed by atoms with van der Waals surface area (Å²) < 4.78 is 5.95. The largest absolute Gasteiger partial charge is 0.374 e. The third-order valence-electron chi connectivity index (χ3n) is 4.13. The van der Waals surface area contributed by atoms with Crippen molar-refractivity contribution in [2.24, 2.45) is 0 Å². The van der Waals surface area contributed by atoms with Crippen molar-refractivity contribution >= 4 is 0 Å². The first-order valence-corrected chi connectivity index (χ1v) is 7.59. The van der Waals surface area contributed by atoms with E-state index in [1.807, 2.05) is 0 Å². The second-order valence-corrected chi connectivity index (χ2v) is 5.78. The molecule has 0 aliphatic heterocycles. The van der Waals surface area contributed by atoms with Gasteiger partial charge in [-0.2, -0.15) is 0 Å². The summed E-state index contributed by atoms with van der Waals surface area (Å²) in [4.78, 5) is 0. The molecule has 0 atom stereocenters. The van der Waals surface area contributed by atoms with Gasteiger partial charge in [0.25, 0.3) is 0 Å². The lowest BCUT2D eigenvalue weighted by atomic mass is 10.0. The molecule has 1 heteroatoms. The molecule has 0 amide bonds. The van der Waals surface area contributed by atoms with E-state index in [2.05, 4.69) is 55.5 Å². The highest BCUT2D eigenvalue weighted by atomic mass is 16.5. The molecule has 0 radical (unpaired) electrons. The Balaban J connectivity index is 1.63. The lowest BCUT2D eigenvalue weighted by molar-refractivity contribution is 0.0457. The molecule has 3 rings (SSSR count). The van der Waals surface area contributed by atoms with Gasteiger partial charge >= 0.3 is 0 Å². The van der Waals surface area contributed by atoms with Crippen LogP contribution in [0.1, 0.15) is 36.8 Å². The summed E-state index contributed by atoms with van der Waals surface area (Å²) in [5, 5.41) is 0. The van der Waals surface area contributed by atoms with Gasteiger partial charge in [-0.25, -0.2) is 0 Å². The van der Waals surface area contributed by atoms with Gasteiger partial charge in [-0.1, -0.05) is 66.9 Å². The van der Waals surface area contributed by atoms with E-state index in [1.54, 1.807) is 0 Å². The van der Waals surface area contributed by atoms with Crippen LogP contribution < -0.4 is 0 Å². The van der Waals surface area contributed by atoms with Crippen LogP contribution in [0.3, 0.4) is 0 Å². The average Bonchev–Trinajstić information content (AvgIpc) is 3.00. The maximum Gasteiger partial charge on any atom is 0.0720 e. The molecule has 1 aliphatic carbocycles. The SMILES string of the molecule is Cc1ccc(-c2ccc(COC3CCCC3)cc2)cc1. The molecule has 0 bridgehead atoms. The third kappa shape index (κ3) is 3.29. The molecule has 0 heterocycles. The van der Waals surface area contributed by atoms with Crippen LogP contribution in [-0.4, -0.2) is 6.10 Å². The van der Waals surface area contributed by atoms with Crippen molar-refractivity contribution in [2.75, 3.05) is 0 Å². The topological polar surface area (TPSA) is 9.23 Å². The Bertz CT molecular complexity index is 533. The zero-order valence-electron chi connectivity index (χ0n) is 12.1. The van der Waals surface area contributed by atoms with E-state index < -0.39 is 0 Å². The molecule has 20 heavy (non-hydrogen) atoms. The molecular weight excluding hydrogens is 244 g/mol. The normalized spacial score (nSPS) is 15.7. The highest BCUT2D eigenvalue weighted by Crippen LogP contribution is 2.23. The predicted octanol–water partition coefficient (Wildman–Crippen LogP) is 5.12. The lowest BCUT2D eigenvalue weighted by Crippen LogP contribution is -2.06. The minimum atomic E-state index is 0.492. The summed E-state index contributed by atoms with van der Waals surface area (Å²) in [5.41, 5.74) is 5.12. The minimum absolute atomic E-state index is 0.492. The van der Waals surface area contributed by atoms with Crippen LogP contribution >= 0.6 is 0 Å². The van der Waals surface area contributed by atoms with Gasteiger partial charge < -0.3 is 4.74 Å². The lowest BCUT2D eigenvalue weighted by Gasteiger charge is -2.11. The van der Waals surface area contributed by atoms with Gasteiger partial charge in [0.15, 0.2) is 0 Å². The van der Waals surface area contributed by atoms with Gasteiger partial charge in [0.05, 0.1) is 12.7 Å². The van der Waals surface area contributed by atoms with Crippen LogP contribution in [0.2, 0.25) is 0 Å². The molecule has 1 nitrogen and oxygen atoms in total. The quantitative estimate of drug-likeness (QED) is 0.746. The number of aryl methyl sites for hydroxylation is 1. The van der Waals surface area contributed by atoms with Gasteiger partial charge in [-0.15, -0.1) is 0 Å². The van der Waals surface area contributed by atoms with E-state index in [9.17, 15) is 0 Å². The summed E-state index contributed by atoms with van der Waals surface area (Å²) >= 11 is 0. The van der Waals surface area contributed by atoms with Crippen molar-refractivity contribution in [3.05, 3.63) is 59.7 Å². The van der Waals surface area contributed by atoms with Gasteiger partial charge in [0.2, 0.25) is 0 Å². The molecular formula is C19H22O. The van der Waals surface area contributed by atoms with Crippen LogP contribution in [-0.2, 0) is 11.3 Å². The van der Waals surface area contributed by atoms with E-state index in [-0.39, 0.29) is 0 Å². The zero-order valence-corrected chi connectivity index (χ0v) is 12.1. The molecule has 0 aromatic heterocycles. The van der Waals surface area contributed by atoms with E-state index in [0.29, 0.717) is 6.10 Å². The highest BCUT2D eigenvalue weighted by molar-refractivity contribution is 5.63. The summed E-state index contributed by atoms with van der Waals surface area (Å²) in [6.07, 6.45) is 5.63. The van der Waals surface area contributed by atoms with Gasteiger partial charge in [-0.05, 0) is 36.5 Å². The summed E-state index contributed by atoms with van der Waals surface area (Å²) in [5.74, 6) is 0. The van der Waals surface area contributed by atoms with Crippen LogP contribution in [0.5, 0.6) is 0 Å². The van der Waals surface area contributed by atoms with Crippen molar-refractivity contribution in [1.82, 2.24) is 0 Å². The second kappa shape index (κ2) is 6.23. The summed E-state index contributed by atoms with van der Waals surface area (Å²) in [6.45, 7) is 2.87. The fourth-order valence-corrected chi connectivity index (χ4v) is 2.81. The molecule has 1 saturated carbocycles. The van der Waals surface area contributed by atoms with Gasteiger partial charge in [0, 0.05) is 0 Å². The maximum absolute atomic E-state index is 5.95. The van der Waals surface area contributed by atoms with Crippen LogP contribution in [0.4, 0.5) is 0 Å². The Labute approximate surface area is 121 Å². The average molecular weight is 266 g/mol. The van der Waals surface area contributed by atoms with Crippen molar-refractivity contribution < 1.29 is 4.74 Å². The Morgan fingerprint density at radius 1 is 0.850 bits per heavy atom. The highest BCUT2D eigenvalue weighted by Gasteiger charge is 2.14. The first-order valence-electron chi connectivity index (χ1n) is 7.59. The van der Waals surface area contributed by atoms with Gasteiger partial charge in [0.1, 0.15) is 0 Å². The summed E-state index contributed by atoms with van der Waals surface area (Å²) in [7, 11) is 0. The number of hydrogen-bond acceptors (Lipinski definition) is 1. The Hall–Kier alpha value is -1.60. The molecule has 0 unspecified atom stereocenters. The number of benzene rings is 2. The summed E-state index contributed by atoms with van der Waals surface area (Å²) in [6, 6.07) is 17.4. The zero-order chi connectivity index (χ0) is 13.8. The van der Waals surface area contributed by atoms with Crippen molar-refractivity contribution in [2.45, 2.75) is 45.3 Å². The monoisotopic (exact) mass is 266 g/mol. The molecule has 0 N–H and O–H groups in total. The molecule has 0 spiro atoms. The van der Waals surface area contributed by atoms with Crippen LogP contribution in [0.25, 0.3) is 11.1 Å². The Kier molecular flexibility index (Phi) is 4.17. The first-order chi connectivity index (χ1) is 9.81. The van der Waals surface area contributed by atoms with E-state index in [1.165, 1.54) is 47.9 Å². The standard InChI is InChI=1S/C19H22O/c1-15-6-10-17(11-7-15)18-12-8-16(9-13-18)14-20-19-4-2-3-5-19/h6-13,19H,2-5,14H2,1H3. The van der Waals surface area contributed by atoms with Crippen molar-refractivity contribution in [3.63, 3.8) is 0 Å². The Morgan fingerprint density at radius 3 is 2.00 bits per heavy atom. The predicted molar refractivity (Wildman–Crippen MR) is 83.7 cm³/mol. The van der Waals surface area contributed by atoms with Crippen LogP contribution in [0, 0.1) is 6.92 Å². The van der Waals surface area contributed by atoms with E-state index >= 15 is 0 Å². The fraction of sp³-hybridized carbons (Fsp3) is 0.368. The van der Waals surface area contributed by atoms with E-state index in [4.69, 9.17) is 4.74 Å². The van der Waals surface area contributed by atoms with Crippen molar-refractivity contribution in [1.29, 1.82) is 0 Å². The molecule has 2 aromatic rings. The van der Waals surface area contributed by atoms with Crippen molar-refractivity contribution in [3.8, 4) is 11.1 Å². The molecule has 104 valence electrons. The molecule has 1 fully saturated rings. The van der Waals surface area contributed by atoms with Gasteiger partial charge in [-0.3, -0.25) is 0 Å². The third-order valence-corrected chi connectivity index (χ3v) is 4.13. The maximum atomic E-state index is 5.95.